The fourth-order valence-electron chi connectivity index (χ4n) is 9.02. The highest BCUT2D eigenvalue weighted by molar-refractivity contribution is 5.96. The van der Waals surface area contributed by atoms with E-state index in [1.807, 2.05) is 0 Å². The normalized spacial score (nSPS) is 34.6. The lowest BCUT2D eigenvalue weighted by atomic mass is 9.46. The van der Waals surface area contributed by atoms with E-state index in [9.17, 15) is 35.0 Å². The topological polar surface area (TPSA) is 173 Å². The van der Waals surface area contributed by atoms with Crippen molar-refractivity contribution in [3.05, 3.63) is 46.7 Å². The number of amides is 1. The average molecular weight is 598 g/mol. The number of benzene rings is 1. The number of carboxylic acids is 1. The van der Waals surface area contributed by atoms with Crippen LogP contribution < -0.4 is 10.5 Å². The van der Waals surface area contributed by atoms with Crippen LogP contribution in [0, 0.1) is 39.7 Å². The summed E-state index contributed by atoms with van der Waals surface area (Å²) in [6.45, 7) is 5.97. The van der Waals surface area contributed by atoms with E-state index in [0.29, 0.717) is 30.0 Å². The number of allylic oxidation sites excluding steroid dienone is 2. The summed E-state index contributed by atoms with van der Waals surface area (Å²) in [6.07, 6.45) is 8.58. The molecule has 1 aromatic rings. The molecule has 0 spiro atoms. The van der Waals surface area contributed by atoms with Gasteiger partial charge in [-0.1, -0.05) is 36.7 Å². The van der Waals surface area contributed by atoms with Gasteiger partial charge in [0.1, 0.15) is 11.9 Å². The van der Waals surface area contributed by atoms with Gasteiger partial charge in [0, 0.05) is 18.1 Å². The lowest BCUT2D eigenvalue weighted by Gasteiger charge is -2.58. The molecule has 3 fully saturated rings. The van der Waals surface area contributed by atoms with E-state index < -0.39 is 35.9 Å². The second kappa shape index (κ2) is 12.1. The summed E-state index contributed by atoms with van der Waals surface area (Å²) in [5, 5.41) is 45.8. The van der Waals surface area contributed by atoms with Gasteiger partial charge in [-0.3, -0.25) is 9.59 Å². The van der Waals surface area contributed by atoms with E-state index >= 15 is 0 Å². The Labute approximate surface area is 251 Å². The number of nitrogens with one attached hydrogen (secondary N) is 2. The van der Waals surface area contributed by atoms with Crippen molar-refractivity contribution in [2.24, 2.45) is 39.7 Å². The number of quaternary nitrogens is 1. The van der Waals surface area contributed by atoms with Crippen LogP contribution in [-0.2, 0) is 19.2 Å². The first kappa shape index (κ1) is 31.3. The molecule has 0 radical (unpaired) electrons. The van der Waals surface area contributed by atoms with Crippen molar-refractivity contribution in [3.63, 3.8) is 0 Å². The standard InChI is InChI=1S/C32H43N3O8/c1-18(36)24-9-10-25-23-8-7-20-16-21(11-13-31(20,2)26(23)12-14-32(24,25)3)34-43-17-27(37)33-28(30(39)40)29(38)19-5-4-6-22(15-19)35(41)42/h4-6,15-16,23-26,28-29,35,38,41H,7-14,17H2,1-3H3,(H,33,37)(H,39,40). The fourth-order valence-corrected chi connectivity index (χ4v) is 9.02. The predicted octanol–water partition coefficient (Wildman–Crippen LogP) is 3.23. The molecule has 5 N–H and O–H groups in total. The van der Waals surface area contributed by atoms with Crippen LogP contribution in [0.3, 0.4) is 0 Å². The van der Waals surface area contributed by atoms with E-state index in [4.69, 9.17) is 4.84 Å². The summed E-state index contributed by atoms with van der Waals surface area (Å²) in [6, 6.07) is 3.56. The highest BCUT2D eigenvalue weighted by Crippen LogP contribution is 2.66. The summed E-state index contributed by atoms with van der Waals surface area (Å²) in [5.74, 6) is 0.109. The number of aliphatic hydroxyl groups is 1. The summed E-state index contributed by atoms with van der Waals surface area (Å²) < 4.78 is 0. The van der Waals surface area contributed by atoms with Crippen molar-refractivity contribution in [3.8, 4) is 0 Å². The quantitative estimate of drug-likeness (QED) is 0.270. The first-order valence-electron chi connectivity index (χ1n) is 15.3. The third-order valence-electron chi connectivity index (χ3n) is 11.2. The van der Waals surface area contributed by atoms with E-state index in [2.05, 4.69) is 30.4 Å². The molecule has 9 unspecified atom stereocenters. The molecule has 11 nitrogen and oxygen atoms in total. The Morgan fingerprint density at radius 3 is 2.60 bits per heavy atom. The molecule has 234 valence electrons. The number of ketones is 1. The molecule has 4 aliphatic carbocycles. The maximum Gasteiger partial charge on any atom is 0.329 e. The van der Waals surface area contributed by atoms with Crippen LogP contribution in [-0.4, -0.2) is 51.4 Å². The molecular formula is C32H43N3O8. The Kier molecular flexibility index (Phi) is 8.82. The number of nitrogens with zero attached hydrogens (tertiary/aromatic N) is 1. The van der Waals surface area contributed by atoms with Crippen molar-refractivity contribution in [2.45, 2.75) is 84.3 Å². The number of carbonyl (C=O) groups is 3. The number of carboxylic acid groups (broad SMARTS) is 1. The van der Waals surface area contributed by atoms with Gasteiger partial charge in [0.25, 0.3) is 5.91 Å². The number of rotatable bonds is 9. The van der Waals surface area contributed by atoms with Crippen LogP contribution in [0.5, 0.6) is 0 Å². The van der Waals surface area contributed by atoms with E-state index in [1.165, 1.54) is 23.8 Å². The highest BCUT2D eigenvalue weighted by Gasteiger charge is 2.59. The van der Waals surface area contributed by atoms with Crippen molar-refractivity contribution in [1.29, 1.82) is 0 Å². The molecule has 0 bridgehead atoms. The van der Waals surface area contributed by atoms with Crippen LogP contribution in [0.1, 0.15) is 83.8 Å². The van der Waals surface area contributed by atoms with Crippen LogP contribution in [0.25, 0.3) is 0 Å². The van der Waals surface area contributed by atoms with Gasteiger partial charge in [0.2, 0.25) is 0 Å². The van der Waals surface area contributed by atoms with Crippen molar-refractivity contribution < 1.29 is 39.9 Å². The Hall–Kier alpha value is -3.12. The molecule has 9 atom stereocenters. The second-order valence-corrected chi connectivity index (χ2v) is 13.4. The number of aliphatic carboxylic acids is 1. The van der Waals surface area contributed by atoms with Gasteiger partial charge in [-0.2, -0.15) is 5.23 Å². The molecule has 0 aliphatic heterocycles. The maximum absolute atomic E-state index is 12.5. The van der Waals surface area contributed by atoms with Crippen molar-refractivity contribution in [2.75, 3.05) is 6.61 Å². The number of aliphatic hydroxyl groups excluding tert-OH is 1. The molecule has 3 saturated carbocycles. The number of carbonyl (C=O) groups excluding carboxylic acids is 2. The number of fused-ring (bicyclic) bond motifs is 5. The molecule has 5 rings (SSSR count). The monoisotopic (exact) mass is 597 g/mol. The van der Waals surface area contributed by atoms with Gasteiger partial charge in [-0.15, -0.1) is 0 Å². The number of hydrogen-bond acceptors (Lipinski definition) is 8. The van der Waals surface area contributed by atoms with Gasteiger partial charge in [0.15, 0.2) is 18.3 Å². The van der Waals surface area contributed by atoms with Crippen LogP contribution >= 0.6 is 0 Å². The Bertz CT molecular complexity index is 1330. The smallest absolute Gasteiger partial charge is 0.329 e. The molecule has 0 aromatic heterocycles. The number of Topliss-reactive ketones (excluding diaryl/α,β-unsaturated/α-hetero) is 1. The first-order valence-corrected chi connectivity index (χ1v) is 15.3. The fraction of sp³-hybridized carbons (Fsp3) is 0.625. The molecule has 0 heterocycles. The van der Waals surface area contributed by atoms with Gasteiger partial charge in [-0.05, 0) is 98.5 Å². The molecule has 4 aliphatic rings. The Morgan fingerprint density at radius 1 is 1.14 bits per heavy atom. The SMILES string of the molecule is CC(=O)C1CCC2C3CCC4=CC(=NOCC(=O)NC(C(=O)O)C(O)c5cccc([NH+]([O-])O)c5)CCC4(C)C3CCC12C. The minimum absolute atomic E-state index is 0.0505. The summed E-state index contributed by atoms with van der Waals surface area (Å²) in [5.41, 5.74) is 2.26. The summed E-state index contributed by atoms with van der Waals surface area (Å²) in [7, 11) is 0. The minimum Gasteiger partial charge on any atom is -0.595 e. The average Bonchev–Trinajstić information content (AvgIpc) is 3.33. The first-order chi connectivity index (χ1) is 20.3. The Balaban J connectivity index is 1.20. The molecule has 0 saturated heterocycles. The van der Waals surface area contributed by atoms with E-state index in [0.717, 1.165) is 56.7 Å². The predicted molar refractivity (Wildman–Crippen MR) is 156 cm³/mol. The summed E-state index contributed by atoms with van der Waals surface area (Å²) in [4.78, 5) is 42.0. The number of oxime groups is 1. The minimum atomic E-state index is -1.71. The van der Waals surface area contributed by atoms with Crippen molar-refractivity contribution >= 4 is 29.1 Å². The molecule has 43 heavy (non-hydrogen) atoms. The van der Waals surface area contributed by atoms with E-state index in [1.54, 1.807) is 6.92 Å². The number of hydrogen-bond donors (Lipinski definition) is 5. The van der Waals surface area contributed by atoms with Gasteiger partial charge in [0.05, 0.1) is 5.71 Å². The van der Waals surface area contributed by atoms with Gasteiger partial charge in [-0.25, -0.2) is 10.0 Å². The molecule has 1 aromatic carbocycles. The third kappa shape index (κ3) is 5.87. The van der Waals surface area contributed by atoms with Crippen LogP contribution in [0.15, 0.2) is 41.1 Å². The summed E-state index contributed by atoms with van der Waals surface area (Å²) >= 11 is 0. The second-order valence-electron chi connectivity index (χ2n) is 13.4. The zero-order valence-electron chi connectivity index (χ0n) is 25.0. The highest BCUT2D eigenvalue weighted by atomic mass is 16.8. The lowest BCUT2D eigenvalue weighted by Crippen LogP contribution is -2.99. The maximum atomic E-state index is 12.5. The Morgan fingerprint density at radius 2 is 1.91 bits per heavy atom. The van der Waals surface area contributed by atoms with Crippen molar-refractivity contribution in [1.82, 2.24) is 5.32 Å². The van der Waals surface area contributed by atoms with Crippen LogP contribution in [0.4, 0.5) is 5.69 Å². The van der Waals surface area contributed by atoms with Gasteiger partial charge >= 0.3 is 5.97 Å². The zero-order valence-corrected chi connectivity index (χ0v) is 25.0. The lowest BCUT2D eigenvalue weighted by molar-refractivity contribution is -0.991. The van der Waals surface area contributed by atoms with Crippen LogP contribution in [0.2, 0.25) is 0 Å². The molecule has 1 amide bonds. The van der Waals surface area contributed by atoms with Gasteiger partial charge < -0.3 is 25.6 Å². The zero-order chi connectivity index (χ0) is 31.1. The van der Waals surface area contributed by atoms with E-state index in [-0.39, 0.29) is 28.0 Å². The third-order valence-corrected chi connectivity index (χ3v) is 11.2. The molecule has 11 heteroatoms. The molecular weight excluding hydrogens is 554 g/mol. The largest absolute Gasteiger partial charge is 0.595 e.